The van der Waals surface area contributed by atoms with Crippen molar-refractivity contribution in [1.82, 2.24) is 4.90 Å². The number of para-hydroxylation sites is 1. The van der Waals surface area contributed by atoms with Crippen molar-refractivity contribution < 1.29 is 18.8 Å². The lowest BCUT2D eigenvalue weighted by Gasteiger charge is -2.26. The Balaban J connectivity index is 2.16. The summed E-state index contributed by atoms with van der Waals surface area (Å²) in [5.74, 6) is 1.08. The molecule has 0 bridgehead atoms. The first kappa shape index (κ1) is 22.9. The van der Waals surface area contributed by atoms with Crippen LogP contribution in [0.5, 0.6) is 11.5 Å². The zero-order valence-electron chi connectivity index (χ0n) is 17.6. The average molecular weight is 421 g/mol. The topological polar surface area (TPSA) is 38.2 Å². The molecule has 5 nitrogen and oxygen atoms in total. The number of hydrogen-bond donors (Lipinski definition) is 2. The molecule has 2 rings (SSSR count). The lowest BCUT2D eigenvalue weighted by atomic mass is 10.2. The quantitative estimate of drug-likeness (QED) is 0.578. The van der Waals surface area contributed by atoms with Crippen LogP contribution in [-0.4, -0.2) is 50.9 Å². The molecule has 7 heteroatoms. The lowest BCUT2D eigenvalue weighted by molar-refractivity contribution is -0.858. The Morgan fingerprint density at radius 2 is 1.93 bits per heavy atom. The maximum atomic E-state index is 14.0. The third-order valence-electron chi connectivity index (χ3n) is 4.41. The summed E-state index contributed by atoms with van der Waals surface area (Å²) in [5.41, 5.74) is 1.42. The van der Waals surface area contributed by atoms with E-state index in [1.807, 2.05) is 25.1 Å². The molecule has 0 radical (unpaired) electrons. The van der Waals surface area contributed by atoms with Crippen LogP contribution in [0.3, 0.4) is 0 Å². The van der Waals surface area contributed by atoms with Crippen LogP contribution >= 0.6 is 12.2 Å². The molecule has 0 fully saturated rings. The van der Waals surface area contributed by atoms with Crippen molar-refractivity contribution in [3.63, 3.8) is 0 Å². The molecule has 0 aromatic heterocycles. The van der Waals surface area contributed by atoms with Gasteiger partial charge in [0, 0.05) is 19.5 Å². The lowest BCUT2D eigenvalue weighted by Crippen LogP contribution is -3.05. The highest BCUT2D eigenvalue weighted by atomic mass is 32.1. The number of methoxy groups -OCH3 is 1. The Hall–Kier alpha value is -2.38. The van der Waals surface area contributed by atoms with Gasteiger partial charge < -0.3 is 24.6 Å². The molecule has 158 valence electrons. The van der Waals surface area contributed by atoms with Crippen molar-refractivity contribution in [2.45, 2.75) is 19.9 Å². The highest BCUT2D eigenvalue weighted by Gasteiger charge is 2.14. The second-order valence-corrected chi connectivity index (χ2v) is 7.45. The predicted molar refractivity (Wildman–Crippen MR) is 119 cm³/mol. The zero-order chi connectivity index (χ0) is 21.2. The Bertz CT molecular complexity index is 801. The van der Waals surface area contributed by atoms with Crippen LogP contribution in [0.2, 0.25) is 0 Å². The molecule has 0 aliphatic heterocycles. The number of quaternary nitrogens is 1. The molecular formula is C22H31FN3O2S+. The van der Waals surface area contributed by atoms with Gasteiger partial charge in [-0.25, -0.2) is 4.39 Å². The second-order valence-electron chi connectivity index (χ2n) is 7.06. The minimum Gasteiger partial charge on any atom is -0.493 e. The van der Waals surface area contributed by atoms with Crippen LogP contribution in [-0.2, 0) is 6.54 Å². The van der Waals surface area contributed by atoms with Crippen LogP contribution in [0, 0.1) is 5.82 Å². The van der Waals surface area contributed by atoms with Crippen LogP contribution in [0.25, 0.3) is 0 Å². The van der Waals surface area contributed by atoms with E-state index in [1.165, 1.54) is 11.0 Å². The minimum atomic E-state index is -0.324. The molecule has 0 spiro atoms. The number of rotatable bonds is 10. The molecule has 2 N–H and O–H groups in total. The molecule has 0 atom stereocenters. The van der Waals surface area contributed by atoms with E-state index in [9.17, 15) is 4.39 Å². The Morgan fingerprint density at radius 3 is 2.59 bits per heavy atom. The molecule has 0 saturated heterocycles. The van der Waals surface area contributed by atoms with Crippen molar-refractivity contribution in [2.24, 2.45) is 0 Å². The normalized spacial score (nSPS) is 10.7. The van der Waals surface area contributed by atoms with Crippen molar-refractivity contribution >= 4 is 23.0 Å². The molecule has 0 unspecified atom stereocenters. The summed E-state index contributed by atoms with van der Waals surface area (Å²) < 4.78 is 25.1. The van der Waals surface area contributed by atoms with Gasteiger partial charge in [0.25, 0.3) is 0 Å². The van der Waals surface area contributed by atoms with Crippen LogP contribution in [0.1, 0.15) is 18.9 Å². The summed E-state index contributed by atoms with van der Waals surface area (Å²) in [4.78, 5) is 3.43. The van der Waals surface area contributed by atoms with Crippen molar-refractivity contribution in [2.75, 3.05) is 46.2 Å². The SMILES string of the molecule is CCOc1ccc(CN(CCC[NH+](C)C)C(=S)Nc2ccccc2F)cc1OC. The molecule has 2 aromatic carbocycles. The van der Waals surface area contributed by atoms with E-state index in [4.69, 9.17) is 21.7 Å². The molecule has 0 aliphatic carbocycles. The summed E-state index contributed by atoms with van der Waals surface area (Å²) in [5, 5.41) is 3.55. The number of nitrogens with one attached hydrogen (secondary N) is 2. The summed E-state index contributed by atoms with van der Waals surface area (Å²) in [7, 11) is 5.87. The number of thiocarbonyl (C=S) groups is 1. The fourth-order valence-electron chi connectivity index (χ4n) is 2.94. The van der Waals surface area contributed by atoms with E-state index in [0.717, 1.165) is 25.1 Å². The van der Waals surface area contributed by atoms with Crippen molar-refractivity contribution in [1.29, 1.82) is 0 Å². The molecule has 2 aromatic rings. The van der Waals surface area contributed by atoms with Gasteiger partial charge in [-0.3, -0.25) is 0 Å². The van der Waals surface area contributed by atoms with Gasteiger partial charge in [0.1, 0.15) is 5.82 Å². The molecule has 0 aliphatic rings. The number of anilines is 1. The Kier molecular flexibility index (Phi) is 9.15. The number of nitrogens with zero attached hydrogens (tertiary/aromatic N) is 1. The van der Waals surface area contributed by atoms with Gasteiger partial charge in [-0.2, -0.15) is 0 Å². The average Bonchev–Trinajstić information content (AvgIpc) is 2.69. The maximum absolute atomic E-state index is 14.0. The van der Waals surface area contributed by atoms with Crippen molar-refractivity contribution in [3.8, 4) is 11.5 Å². The van der Waals surface area contributed by atoms with Crippen LogP contribution in [0.15, 0.2) is 42.5 Å². The highest BCUT2D eigenvalue weighted by Crippen LogP contribution is 2.28. The fourth-order valence-corrected chi connectivity index (χ4v) is 3.20. The first-order chi connectivity index (χ1) is 13.9. The van der Waals surface area contributed by atoms with E-state index < -0.39 is 0 Å². The molecule has 0 heterocycles. The Morgan fingerprint density at radius 1 is 1.17 bits per heavy atom. The first-order valence-electron chi connectivity index (χ1n) is 9.83. The highest BCUT2D eigenvalue weighted by molar-refractivity contribution is 7.80. The monoisotopic (exact) mass is 420 g/mol. The van der Waals surface area contributed by atoms with Crippen LogP contribution in [0.4, 0.5) is 10.1 Å². The Labute approximate surface area is 178 Å². The van der Waals surface area contributed by atoms with Gasteiger partial charge in [-0.15, -0.1) is 0 Å². The second kappa shape index (κ2) is 11.6. The van der Waals surface area contributed by atoms with E-state index in [-0.39, 0.29) is 5.82 Å². The van der Waals surface area contributed by atoms with Crippen LogP contribution < -0.4 is 19.7 Å². The smallest absolute Gasteiger partial charge is 0.173 e. The van der Waals surface area contributed by atoms with Crippen molar-refractivity contribution in [3.05, 3.63) is 53.8 Å². The maximum Gasteiger partial charge on any atom is 0.173 e. The fraction of sp³-hybridized carbons (Fsp3) is 0.409. The van der Waals surface area contributed by atoms with Gasteiger partial charge in [-0.05, 0) is 49.0 Å². The number of halogens is 1. The third-order valence-corrected chi connectivity index (χ3v) is 4.77. The number of ether oxygens (including phenoxy) is 2. The summed E-state index contributed by atoms with van der Waals surface area (Å²) in [6, 6.07) is 12.4. The van der Waals surface area contributed by atoms with Gasteiger partial charge in [-0.1, -0.05) is 18.2 Å². The van der Waals surface area contributed by atoms with Gasteiger partial charge in [0.15, 0.2) is 16.6 Å². The molecule has 0 saturated carbocycles. The molecular weight excluding hydrogens is 389 g/mol. The van der Waals surface area contributed by atoms with E-state index in [0.29, 0.717) is 35.5 Å². The summed E-state index contributed by atoms with van der Waals surface area (Å²) >= 11 is 5.61. The predicted octanol–water partition coefficient (Wildman–Crippen LogP) is 2.97. The summed E-state index contributed by atoms with van der Waals surface area (Å²) in [6.07, 6.45) is 0.968. The van der Waals surface area contributed by atoms with Gasteiger partial charge >= 0.3 is 0 Å². The van der Waals surface area contributed by atoms with E-state index >= 15 is 0 Å². The van der Waals surface area contributed by atoms with Gasteiger partial charge in [0.05, 0.1) is 40.0 Å². The minimum absolute atomic E-state index is 0.324. The van der Waals surface area contributed by atoms with E-state index in [1.54, 1.807) is 25.3 Å². The first-order valence-corrected chi connectivity index (χ1v) is 10.2. The molecule has 0 amide bonds. The summed E-state index contributed by atoms with van der Waals surface area (Å²) in [6.45, 7) is 4.89. The van der Waals surface area contributed by atoms with Gasteiger partial charge in [0.2, 0.25) is 0 Å². The molecule has 29 heavy (non-hydrogen) atoms. The largest absolute Gasteiger partial charge is 0.493 e. The number of hydrogen-bond acceptors (Lipinski definition) is 3. The standard InChI is InChI=1S/C22H30FN3O2S/c1-5-28-20-12-11-17(15-21(20)27-4)16-26(14-8-13-25(2)3)22(29)24-19-10-7-6-9-18(19)23/h6-7,9-12,15H,5,8,13-14,16H2,1-4H3,(H,24,29)/p+1. The zero-order valence-corrected chi connectivity index (χ0v) is 18.4. The third kappa shape index (κ3) is 7.18. The number of benzene rings is 2. The van der Waals surface area contributed by atoms with E-state index in [2.05, 4.69) is 24.3 Å².